The lowest BCUT2D eigenvalue weighted by Crippen LogP contribution is -2.29. The van der Waals surface area contributed by atoms with Crippen molar-refractivity contribution in [2.24, 2.45) is 0 Å². The smallest absolute Gasteiger partial charge is 0.267 e. The molecule has 0 radical (unpaired) electrons. The van der Waals surface area contributed by atoms with Gasteiger partial charge in [0.2, 0.25) is 11.8 Å². The van der Waals surface area contributed by atoms with Gasteiger partial charge in [0.1, 0.15) is 6.10 Å². The molecule has 208 valence electrons. The molecule has 0 aliphatic rings. The van der Waals surface area contributed by atoms with Crippen LogP contribution in [-0.2, 0) is 46.9 Å². The second kappa shape index (κ2) is 23.3. The molecule has 0 spiro atoms. The molecule has 0 aromatic rings. The van der Waals surface area contributed by atoms with Gasteiger partial charge in [-0.2, -0.15) is 0 Å². The molecule has 2 amide bonds. The van der Waals surface area contributed by atoms with E-state index in [1.54, 1.807) is 14.2 Å². The summed E-state index contributed by atoms with van der Waals surface area (Å²) in [5.74, 6) is -0.346. The highest BCUT2D eigenvalue weighted by Gasteiger charge is 2.10. The van der Waals surface area contributed by atoms with Crippen LogP contribution in [0.15, 0.2) is 0 Å². The van der Waals surface area contributed by atoms with E-state index in [9.17, 15) is 19.0 Å². The van der Waals surface area contributed by atoms with Gasteiger partial charge in [-0.3, -0.25) is 14.2 Å². The third-order valence-electron chi connectivity index (χ3n) is 4.39. The fourth-order valence-electron chi connectivity index (χ4n) is 2.53. The first kappa shape index (κ1) is 33.8. The summed E-state index contributed by atoms with van der Waals surface area (Å²) in [5, 5.41) is 5.43. The van der Waals surface area contributed by atoms with Crippen molar-refractivity contribution in [1.29, 1.82) is 0 Å². The maximum Gasteiger partial charge on any atom is 0.267 e. The molecular weight excluding hydrogens is 487 g/mol. The van der Waals surface area contributed by atoms with Crippen molar-refractivity contribution in [1.82, 2.24) is 10.6 Å². The lowest BCUT2D eigenvalue weighted by atomic mass is 10.2. The molecule has 2 unspecified atom stereocenters. The molecule has 0 bridgehead atoms. The SMILES string of the molecule is COCCOCC(COCCCNC(=O)CCCC(=O)NCCCOP(=O)([O-])OC)OCCOC. The zero-order valence-electron chi connectivity index (χ0n) is 21.1. The Bertz CT molecular complexity index is 583. The molecule has 2 N–H and O–H groups in total. The van der Waals surface area contributed by atoms with E-state index in [0.717, 1.165) is 7.11 Å². The van der Waals surface area contributed by atoms with Crippen LogP contribution in [0.1, 0.15) is 32.1 Å². The van der Waals surface area contributed by atoms with E-state index in [1.165, 1.54) is 0 Å². The lowest BCUT2D eigenvalue weighted by Gasteiger charge is -2.19. The van der Waals surface area contributed by atoms with E-state index in [-0.39, 0.29) is 43.9 Å². The Morgan fingerprint density at radius 2 is 1.31 bits per heavy atom. The number of hydrogen-bond donors (Lipinski definition) is 2. The number of carbonyl (C=O) groups excluding carboxylic acids is 2. The highest BCUT2D eigenvalue weighted by atomic mass is 31.2. The van der Waals surface area contributed by atoms with Crippen LogP contribution in [-0.4, -0.2) is 105 Å². The maximum absolute atomic E-state index is 11.9. The fraction of sp³-hybridized carbons (Fsp3) is 0.905. The predicted molar refractivity (Wildman–Crippen MR) is 125 cm³/mol. The molecule has 0 aromatic heterocycles. The summed E-state index contributed by atoms with van der Waals surface area (Å²) in [5.41, 5.74) is 0. The van der Waals surface area contributed by atoms with Crippen LogP contribution in [0.4, 0.5) is 0 Å². The zero-order chi connectivity index (χ0) is 26.2. The van der Waals surface area contributed by atoms with Crippen molar-refractivity contribution in [2.45, 2.75) is 38.2 Å². The largest absolute Gasteiger partial charge is 0.756 e. The molecule has 0 aliphatic heterocycles. The highest BCUT2D eigenvalue weighted by Crippen LogP contribution is 2.36. The van der Waals surface area contributed by atoms with Crippen LogP contribution in [0.25, 0.3) is 0 Å². The molecule has 13 nitrogen and oxygen atoms in total. The first-order valence-corrected chi connectivity index (χ1v) is 13.1. The quantitative estimate of drug-likeness (QED) is 0.121. The maximum atomic E-state index is 11.9. The van der Waals surface area contributed by atoms with Crippen LogP contribution >= 0.6 is 7.82 Å². The number of hydrogen-bond acceptors (Lipinski definition) is 11. The molecule has 2 atom stereocenters. The molecule has 0 fully saturated rings. The van der Waals surface area contributed by atoms with E-state index in [4.69, 9.17) is 23.7 Å². The van der Waals surface area contributed by atoms with Crippen LogP contribution in [0.3, 0.4) is 0 Å². The van der Waals surface area contributed by atoms with Crippen molar-refractivity contribution in [3.8, 4) is 0 Å². The van der Waals surface area contributed by atoms with Crippen molar-refractivity contribution in [2.75, 3.05) is 87.3 Å². The molecule has 0 saturated heterocycles. The van der Waals surface area contributed by atoms with Gasteiger partial charge < -0.3 is 48.3 Å². The number of rotatable bonds is 25. The predicted octanol–water partition coefficient (Wildman–Crippen LogP) is 0.0119. The van der Waals surface area contributed by atoms with Gasteiger partial charge in [-0.1, -0.05) is 0 Å². The Morgan fingerprint density at radius 1 is 0.771 bits per heavy atom. The topological polar surface area (TPSA) is 163 Å². The highest BCUT2D eigenvalue weighted by molar-refractivity contribution is 7.45. The molecular formula is C21H42N2O11P-. The van der Waals surface area contributed by atoms with Gasteiger partial charge >= 0.3 is 0 Å². The van der Waals surface area contributed by atoms with Gasteiger partial charge in [-0.15, -0.1) is 0 Å². The number of ether oxygens (including phenoxy) is 5. The summed E-state index contributed by atoms with van der Waals surface area (Å²) in [6, 6.07) is 0. The first-order valence-electron chi connectivity index (χ1n) is 11.6. The average molecular weight is 530 g/mol. The van der Waals surface area contributed by atoms with Crippen molar-refractivity contribution < 1.29 is 51.8 Å². The Morgan fingerprint density at radius 3 is 1.89 bits per heavy atom. The standard InChI is InChI=1S/C21H43N2O11P/c1-28-13-15-32-18-19(33-16-14-29-2)17-31-11-5-9-22-20(24)7-4-8-21(25)23-10-6-12-34-35(26,27)30-3/h19H,4-18H2,1-3H3,(H,22,24)(H,23,25)(H,26,27)/p-1. The molecule has 35 heavy (non-hydrogen) atoms. The minimum atomic E-state index is -4.23. The summed E-state index contributed by atoms with van der Waals surface area (Å²) in [7, 11) is -0.00495. The number of phosphoric ester groups is 1. The molecule has 0 heterocycles. The van der Waals surface area contributed by atoms with Crippen molar-refractivity contribution >= 4 is 19.6 Å². The third-order valence-corrected chi connectivity index (χ3v) is 5.34. The summed E-state index contributed by atoms with van der Waals surface area (Å²) < 4.78 is 46.4. The minimum absolute atomic E-state index is 0.0787. The first-order chi connectivity index (χ1) is 16.8. The van der Waals surface area contributed by atoms with E-state index >= 15 is 0 Å². The Labute approximate surface area is 208 Å². The van der Waals surface area contributed by atoms with E-state index < -0.39 is 7.82 Å². The fourth-order valence-corrected chi connectivity index (χ4v) is 2.99. The second-order valence-electron chi connectivity index (χ2n) is 7.35. The summed E-state index contributed by atoms with van der Waals surface area (Å²) in [6.45, 7) is 3.79. The number of nitrogens with one attached hydrogen (secondary N) is 2. The second-order valence-corrected chi connectivity index (χ2v) is 8.87. The van der Waals surface area contributed by atoms with Gasteiger partial charge in [0.25, 0.3) is 7.82 Å². The van der Waals surface area contributed by atoms with Crippen molar-refractivity contribution in [3.63, 3.8) is 0 Å². The van der Waals surface area contributed by atoms with Gasteiger partial charge in [-0.25, -0.2) is 0 Å². The normalized spacial score (nSPS) is 13.8. The summed E-state index contributed by atoms with van der Waals surface area (Å²) >= 11 is 0. The molecule has 0 saturated carbocycles. The number of carbonyl (C=O) groups is 2. The molecule has 14 heteroatoms. The Hall–Kier alpha value is -1.15. The van der Waals surface area contributed by atoms with Gasteiger partial charge in [-0.05, 0) is 19.3 Å². The van der Waals surface area contributed by atoms with Crippen LogP contribution in [0.5, 0.6) is 0 Å². The van der Waals surface area contributed by atoms with E-state index in [1.807, 2.05) is 0 Å². The van der Waals surface area contributed by atoms with E-state index in [0.29, 0.717) is 72.1 Å². The number of methoxy groups -OCH3 is 2. The van der Waals surface area contributed by atoms with Crippen molar-refractivity contribution in [3.05, 3.63) is 0 Å². The van der Waals surface area contributed by atoms with Crippen LogP contribution in [0.2, 0.25) is 0 Å². The summed E-state index contributed by atoms with van der Waals surface area (Å²) in [6.07, 6.45) is 1.60. The molecule has 0 rings (SSSR count). The summed E-state index contributed by atoms with van der Waals surface area (Å²) in [4.78, 5) is 34.6. The monoisotopic (exact) mass is 529 g/mol. The molecule has 0 aromatic carbocycles. The van der Waals surface area contributed by atoms with Crippen LogP contribution < -0.4 is 15.5 Å². The Kier molecular flexibility index (Phi) is 22.5. The molecule has 0 aliphatic carbocycles. The lowest BCUT2D eigenvalue weighted by molar-refractivity contribution is -0.222. The van der Waals surface area contributed by atoms with Gasteiger partial charge in [0.05, 0.1) is 46.2 Å². The van der Waals surface area contributed by atoms with Gasteiger partial charge in [0.15, 0.2) is 0 Å². The third kappa shape index (κ3) is 23.0. The van der Waals surface area contributed by atoms with E-state index in [2.05, 4.69) is 19.7 Å². The van der Waals surface area contributed by atoms with Gasteiger partial charge in [0, 0.05) is 53.9 Å². The Balaban J connectivity index is 3.73. The average Bonchev–Trinajstić information content (AvgIpc) is 2.83. The minimum Gasteiger partial charge on any atom is -0.756 e. The number of amides is 2. The van der Waals surface area contributed by atoms with Crippen LogP contribution in [0, 0.1) is 0 Å². The number of phosphoric acid groups is 1. The zero-order valence-corrected chi connectivity index (χ0v) is 22.0.